The van der Waals surface area contributed by atoms with Crippen LogP contribution in [0.1, 0.15) is 30.1 Å². The molecule has 1 aliphatic rings. The first-order valence-corrected chi connectivity index (χ1v) is 10.3. The summed E-state index contributed by atoms with van der Waals surface area (Å²) in [5.41, 5.74) is 3.29. The molecule has 2 amide bonds. The average molecular weight is 394 g/mol. The molecule has 0 radical (unpaired) electrons. The Balaban J connectivity index is 1.40. The van der Waals surface area contributed by atoms with Gasteiger partial charge in [-0.3, -0.25) is 10.3 Å². The van der Waals surface area contributed by atoms with E-state index < -0.39 is 0 Å². The molecule has 3 aromatic rings. The monoisotopic (exact) mass is 393 g/mol. The molecule has 144 valence electrons. The molecule has 1 atom stereocenters. The predicted octanol–water partition coefficient (Wildman–Crippen LogP) is 4.54. The largest absolute Gasteiger partial charge is 0.363 e. The molecule has 0 unspecified atom stereocenters. The van der Waals surface area contributed by atoms with Crippen LogP contribution in [0.4, 0.5) is 15.6 Å². The van der Waals surface area contributed by atoms with Gasteiger partial charge in [0.2, 0.25) is 0 Å². The van der Waals surface area contributed by atoms with E-state index in [1.165, 1.54) is 17.0 Å². The van der Waals surface area contributed by atoms with Crippen molar-refractivity contribution in [2.24, 2.45) is 0 Å². The standard InChI is InChI=1S/C21H23N5OS/c1-25(14-16-9-11-22-12-10-16)21(27)24-20-23-18(15-28-20)19-8-5-13-26(19)17-6-3-2-4-7-17/h2-4,6-7,9-12,15,19H,5,8,13-14H2,1H3,(H,23,24,27)/t19-/m1/s1. The highest BCUT2D eigenvalue weighted by Crippen LogP contribution is 2.37. The molecular weight excluding hydrogens is 370 g/mol. The van der Waals surface area contributed by atoms with Crippen LogP contribution in [0.2, 0.25) is 0 Å². The van der Waals surface area contributed by atoms with Crippen LogP contribution in [-0.4, -0.2) is 34.5 Å². The van der Waals surface area contributed by atoms with E-state index >= 15 is 0 Å². The number of rotatable bonds is 5. The van der Waals surface area contributed by atoms with Crippen LogP contribution >= 0.6 is 11.3 Å². The van der Waals surface area contributed by atoms with Crippen molar-refractivity contribution in [2.75, 3.05) is 23.8 Å². The molecule has 4 rings (SSSR count). The van der Waals surface area contributed by atoms with Gasteiger partial charge in [0.15, 0.2) is 5.13 Å². The van der Waals surface area contributed by atoms with Gasteiger partial charge in [-0.1, -0.05) is 18.2 Å². The van der Waals surface area contributed by atoms with Gasteiger partial charge in [-0.2, -0.15) is 0 Å². The van der Waals surface area contributed by atoms with E-state index in [9.17, 15) is 4.79 Å². The van der Waals surface area contributed by atoms with Crippen molar-refractivity contribution in [3.8, 4) is 0 Å². The average Bonchev–Trinajstić information content (AvgIpc) is 3.38. The molecule has 0 spiro atoms. The molecule has 0 aliphatic carbocycles. The van der Waals surface area contributed by atoms with Gasteiger partial charge >= 0.3 is 6.03 Å². The number of anilines is 2. The lowest BCUT2D eigenvalue weighted by Gasteiger charge is -2.25. The molecule has 6 nitrogen and oxygen atoms in total. The van der Waals surface area contributed by atoms with Crippen molar-refractivity contribution in [1.82, 2.24) is 14.9 Å². The Labute approximate surface area is 168 Å². The maximum atomic E-state index is 12.5. The molecule has 1 aliphatic heterocycles. The van der Waals surface area contributed by atoms with E-state index in [0.29, 0.717) is 11.7 Å². The summed E-state index contributed by atoms with van der Waals surface area (Å²) in [4.78, 5) is 25.2. The molecule has 1 aromatic carbocycles. The zero-order valence-corrected chi connectivity index (χ0v) is 16.6. The van der Waals surface area contributed by atoms with Crippen LogP contribution in [-0.2, 0) is 6.54 Å². The van der Waals surface area contributed by atoms with Gasteiger partial charge in [0.1, 0.15) is 0 Å². The number of pyridine rings is 1. The molecule has 0 saturated carbocycles. The smallest absolute Gasteiger partial charge is 0.323 e. The van der Waals surface area contributed by atoms with Crippen molar-refractivity contribution >= 4 is 28.2 Å². The number of para-hydroxylation sites is 1. The van der Waals surface area contributed by atoms with Gasteiger partial charge in [0.05, 0.1) is 11.7 Å². The van der Waals surface area contributed by atoms with E-state index in [4.69, 9.17) is 4.98 Å². The number of nitrogens with zero attached hydrogens (tertiary/aromatic N) is 4. The van der Waals surface area contributed by atoms with E-state index in [2.05, 4.69) is 44.8 Å². The lowest BCUT2D eigenvalue weighted by atomic mass is 10.1. The summed E-state index contributed by atoms with van der Waals surface area (Å²) in [6, 6.07) is 14.4. The summed E-state index contributed by atoms with van der Waals surface area (Å²) in [5, 5.41) is 5.62. The lowest BCUT2D eigenvalue weighted by molar-refractivity contribution is 0.220. The Kier molecular flexibility index (Phi) is 5.53. The third-order valence-electron chi connectivity index (χ3n) is 4.93. The highest BCUT2D eigenvalue weighted by Gasteiger charge is 2.28. The number of amides is 2. The first kappa shape index (κ1) is 18.4. The first-order chi connectivity index (χ1) is 13.7. The van der Waals surface area contributed by atoms with Crippen LogP contribution in [0.5, 0.6) is 0 Å². The second kappa shape index (κ2) is 8.39. The summed E-state index contributed by atoms with van der Waals surface area (Å²) in [5.74, 6) is 0. The summed E-state index contributed by atoms with van der Waals surface area (Å²) in [6.45, 7) is 1.56. The molecule has 1 saturated heterocycles. The number of nitrogens with one attached hydrogen (secondary N) is 1. The van der Waals surface area contributed by atoms with Gasteiger partial charge in [0.25, 0.3) is 0 Å². The highest BCUT2D eigenvalue weighted by molar-refractivity contribution is 7.13. The van der Waals surface area contributed by atoms with E-state index in [0.717, 1.165) is 30.6 Å². The Morgan fingerprint density at radius 1 is 1.25 bits per heavy atom. The second-order valence-electron chi connectivity index (χ2n) is 6.91. The van der Waals surface area contributed by atoms with Crippen LogP contribution in [0.15, 0.2) is 60.2 Å². The maximum absolute atomic E-state index is 12.5. The Bertz CT molecular complexity index is 915. The highest BCUT2D eigenvalue weighted by atomic mass is 32.1. The number of hydrogen-bond acceptors (Lipinski definition) is 5. The first-order valence-electron chi connectivity index (χ1n) is 9.39. The molecule has 7 heteroatoms. The third-order valence-corrected chi connectivity index (χ3v) is 5.71. The summed E-state index contributed by atoms with van der Waals surface area (Å²) < 4.78 is 0. The van der Waals surface area contributed by atoms with E-state index in [-0.39, 0.29) is 12.1 Å². The number of benzene rings is 1. The lowest BCUT2D eigenvalue weighted by Crippen LogP contribution is -2.30. The number of hydrogen-bond donors (Lipinski definition) is 1. The van der Waals surface area contributed by atoms with Crippen LogP contribution in [0.3, 0.4) is 0 Å². The van der Waals surface area contributed by atoms with Gasteiger partial charge < -0.3 is 9.80 Å². The molecule has 28 heavy (non-hydrogen) atoms. The minimum atomic E-state index is -0.163. The molecule has 3 heterocycles. The number of carbonyl (C=O) groups excluding carboxylic acids is 1. The van der Waals surface area contributed by atoms with Gasteiger partial charge in [0, 0.05) is 43.6 Å². The Morgan fingerprint density at radius 2 is 2.04 bits per heavy atom. The topological polar surface area (TPSA) is 61.4 Å². The van der Waals surface area contributed by atoms with Crippen LogP contribution < -0.4 is 10.2 Å². The molecule has 2 aromatic heterocycles. The number of urea groups is 1. The second-order valence-corrected chi connectivity index (χ2v) is 7.76. The molecular formula is C21H23N5OS. The summed E-state index contributed by atoms with van der Waals surface area (Å²) in [6.07, 6.45) is 5.68. The summed E-state index contributed by atoms with van der Waals surface area (Å²) in [7, 11) is 1.78. The van der Waals surface area contributed by atoms with E-state index in [1.807, 2.05) is 18.2 Å². The molecule has 0 bridgehead atoms. The fourth-order valence-electron chi connectivity index (χ4n) is 3.52. The predicted molar refractivity (Wildman–Crippen MR) is 113 cm³/mol. The number of aromatic nitrogens is 2. The zero-order valence-electron chi connectivity index (χ0n) is 15.8. The quantitative estimate of drug-likeness (QED) is 0.691. The van der Waals surface area contributed by atoms with Gasteiger partial charge in [-0.15, -0.1) is 11.3 Å². The van der Waals surface area contributed by atoms with Crippen LogP contribution in [0.25, 0.3) is 0 Å². The number of thiazole rings is 1. The minimum Gasteiger partial charge on any atom is -0.363 e. The Morgan fingerprint density at radius 3 is 2.82 bits per heavy atom. The fourth-order valence-corrected chi connectivity index (χ4v) is 4.27. The van der Waals surface area contributed by atoms with Crippen molar-refractivity contribution in [3.63, 3.8) is 0 Å². The molecule has 1 fully saturated rings. The van der Waals surface area contributed by atoms with Crippen LogP contribution in [0, 0.1) is 0 Å². The van der Waals surface area contributed by atoms with Gasteiger partial charge in [-0.25, -0.2) is 9.78 Å². The van der Waals surface area contributed by atoms with Crippen molar-refractivity contribution in [1.29, 1.82) is 0 Å². The SMILES string of the molecule is CN(Cc1ccncc1)C(=O)Nc1nc([C@H]2CCCN2c2ccccc2)cs1. The van der Waals surface area contributed by atoms with Crippen molar-refractivity contribution in [2.45, 2.75) is 25.4 Å². The Hall–Kier alpha value is -2.93. The summed E-state index contributed by atoms with van der Waals surface area (Å²) >= 11 is 1.48. The van der Waals surface area contributed by atoms with Gasteiger partial charge in [-0.05, 0) is 42.7 Å². The minimum absolute atomic E-state index is 0.163. The van der Waals surface area contributed by atoms with Crippen molar-refractivity contribution < 1.29 is 4.79 Å². The zero-order chi connectivity index (χ0) is 19.3. The molecule has 1 N–H and O–H groups in total. The normalized spacial score (nSPS) is 16.2. The fraction of sp³-hybridized carbons (Fsp3) is 0.286. The number of carbonyl (C=O) groups is 1. The van der Waals surface area contributed by atoms with Crippen molar-refractivity contribution in [3.05, 3.63) is 71.5 Å². The third kappa shape index (κ3) is 4.14. The van der Waals surface area contributed by atoms with E-state index in [1.54, 1.807) is 24.3 Å². The maximum Gasteiger partial charge on any atom is 0.323 e.